The van der Waals surface area contributed by atoms with Gasteiger partial charge in [-0.1, -0.05) is 38.1 Å². The molecule has 0 unspecified atom stereocenters. The molecule has 0 spiro atoms. The Balaban J connectivity index is 1.91. The van der Waals surface area contributed by atoms with Crippen molar-refractivity contribution in [2.24, 2.45) is 0 Å². The van der Waals surface area contributed by atoms with Crippen molar-refractivity contribution in [2.75, 3.05) is 27.2 Å². The minimum atomic E-state index is 0.536. The van der Waals surface area contributed by atoms with Crippen LogP contribution in [-0.4, -0.2) is 49.1 Å². The molecule has 0 atom stereocenters. The van der Waals surface area contributed by atoms with E-state index in [-0.39, 0.29) is 0 Å². The van der Waals surface area contributed by atoms with Gasteiger partial charge >= 0.3 is 0 Å². The summed E-state index contributed by atoms with van der Waals surface area (Å²) in [7, 11) is 4.40. The summed E-state index contributed by atoms with van der Waals surface area (Å²) >= 11 is 0. The molecule has 1 aromatic rings. The molecule has 0 bridgehead atoms. The van der Waals surface area contributed by atoms with Crippen molar-refractivity contribution in [3.05, 3.63) is 35.4 Å². The molecule has 1 aliphatic heterocycles. The normalized spacial score (nSPS) is 17.8. The highest BCUT2D eigenvalue weighted by Gasteiger charge is 2.20. The third-order valence-corrected chi connectivity index (χ3v) is 4.50. The van der Waals surface area contributed by atoms with Gasteiger partial charge in [-0.05, 0) is 51.2 Å². The van der Waals surface area contributed by atoms with Crippen LogP contribution in [0.2, 0.25) is 0 Å². The van der Waals surface area contributed by atoms with Gasteiger partial charge in [0.05, 0.1) is 0 Å². The Morgan fingerprint density at radius 3 is 2.33 bits per heavy atom. The molecule has 21 heavy (non-hydrogen) atoms. The predicted molar refractivity (Wildman–Crippen MR) is 90.4 cm³/mol. The van der Waals surface area contributed by atoms with E-state index in [1.807, 2.05) is 0 Å². The molecule has 3 nitrogen and oxygen atoms in total. The van der Waals surface area contributed by atoms with Crippen LogP contribution >= 0.6 is 0 Å². The molecule has 1 heterocycles. The number of rotatable bonds is 6. The molecule has 0 aliphatic carbocycles. The number of piperidine rings is 1. The molecule has 0 amide bonds. The van der Waals surface area contributed by atoms with Crippen LogP contribution in [0.25, 0.3) is 0 Å². The van der Waals surface area contributed by atoms with Crippen LogP contribution in [0.3, 0.4) is 0 Å². The first kappa shape index (κ1) is 16.5. The van der Waals surface area contributed by atoms with E-state index < -0.39 is 0 Å². The van der Waals surface area contributed by atoms with Gasteiger partial charge in [0.15, 0.2) is 0 Å². The molecular weight excluding hydrogens is 258 g/mol. The van der Waals surface area contributed by atoms with E-state index in [0.717, 1.165) is 19.1 Å². The van der Waals surface area contributed by atoms with E-state index in [2.05, 4.69) is 67.3 Å². The van der Waals surface area contributed by atoms with E-state index >= 15 is 0 Å². The lowest BCUT2D eigenvalue weighted by Gasteiger charge is -2.35. The summed E-state index contributed by atoms with van der Waals surface area (Å²) in [5, 5.41) is 3.54. The zero-order valence-electron chi connectivity index (χ0n) is 14.1. The number of hydrogen-bond acceptors (Lipinski definition) is 3. The Hall–Kier alpha value is -0.900. The third-order valence-electron chi connectivity index (χ3n) is 4.50. The zero-order valence-corrected chi connectivity index (χ0v) is 14.1. The van der Waals surface area contributed by atoms with Gasteiger partial charge in [-0.15, -0.1) is 0 Å². The van der Waals surface area contributed by atoms with Gasteiger partial charge in [-0.2, -0.15) is 0 Å². The van der Waals surface area contributed by atoms with Crippen molar-refractivity contribution in [3.8, 4) is 0 Å². The lowest BCUT2D eigenvalue weighted by molar-refractivity contribution is 0.139. The average molecular weight is 289 g/mol. The Labute approximate surface area is 130 Å². The van der Waals surface area contributed by atoms with Gasteiger partial charge in [0.1, 0.15) is 0 Å². The van der Waals surface area contributed by atoms with Crippen molar-refractivity contribution in [1.82, 2.24) is 15.1 Å². The Morgan fingerprint density at radius 2 is 1.76 bits per heavy atom. The minimum absolute atomic E-state index is 0.536. The van der Waals surface area contributed by atoms with E-state index in [1.165, 1.54) is 37.1 Å². The standard InChI is InChI=1S/C18H31N3/c1-15(2)19-13-16-7-5-6-8-17(16)14-21-11-9-18(10-12-21)20(3)4/h5-8,15,18-19H,9-14H2,1-4H3. The number of nitrogens with one attached hydrogen (secondary N) is 1. The maximum atomic E-state index is 3.54. The average Bonchev–Trinajstić information content (AvgIpc) is 2.47. The van der Waals surface area contributed by atoms with Crippen LogP contribution in [0, 0.1) is 0 Å². The van der Waals surface area contributed by atoms with Crippen LogP contribution in [0.1, 0.15) is 37.8 Å². The smallest absolute Gasteiger partial charge is 0.0236 e. The molecule has 1 N–H and O–H groups in total. The van der Waals surface area contributed by atoms with Crippen molar-refractivity contribution in [1.29, 1.82) is 0 Å². The quantitative estimate of drug-likeness (QED) is 0.869. The summed E-state index contributed by atoms with van der Waals surface area (Å²) in [6, 6.07) is 10.2. The second kappa shape index (κ2) is 7.92. The molecule has 2 rings (SSSR count). The largest absolute Gasteiger partial charge is 0.310 e. The van der Waals surface area contributed by atoms with Gasteiger partial charge in [-0.3, -0.25) is 4.90 Å². The Bertz CT molecular complexity index is 420. The van der Waals surface area contributed by atoms with Crippen molar-refractivity contribution >= 4 is 0 Å². The molecule has 3 heteroatoms. The molecule has 1 fully saturated rings. The molecule has 0 radical (unpaired) electrons. The van der Waals surface area contributed by atoms with Crippen LogP contribution in [0.15, 0.2) is 24.3 Å². The minimum Gasteiger partial charge on any atom is -0.310 e. The van der Waals surface area contributed by atoms with E-state index in [4.69, 9.17) is 0 Å². The summed E-state index contributed by atoms with van der Waals surface area (Å²) in [6.45, 7) is 8.91. The van der Waals surface area contributed by atoms with Gasteiger partial charge in [-0.25, -0.2) is 0 Å². The van der Waals surface area contributed by atoms with Crippen molar-refractivity contribution < 1.29 is 0 Å². The Morgan fingerprint density at radius 1 is 1.14 bits per heavy atom. The predicted octanol–water partition coefficient (Wildman–Crippen LogP) is 2.71. The monoisotopic (exact) mass is 289 g/mol. The highest BCUT2D eigenvalue weighted by Crippen LogP contribution is 2.18. The SMILES string of the molecule is CC(C)NCc1ccccc1CN1CCC(N(C)C)CC1. The highest BCUT2D eigenvalue weighted by molar-refractivity contribution is 5.27. The first-order valence-corrected chi connectivity index (χ1v) is 8.25. The molecule has 1 aliphatic rings. The number of hydrogen-bond donors (Lipinski definition) is 1. The van der Waals surface area contributed by atoms with Gasteiger partial charge in [0.25, 0.3) is 0 Å². The number of likely N-dealkylation sites (tertiary alicyclic amines) is 1. The second-order valence-electron chi connectivity index (χ2n) is 6.78. The van der Waals surface area contributed by atoms with E-state index in [9.17, 15) is 0 Å². The maximum absolute atomic E-state index is 3.54. The summed E-state index contributed by atoms with van der Waals surface area (Å²) in [5.74, 6) is 0. The second-order valence-corrected chi connectivity index (χ2v) is 6.78. The fraction of sp³-hybridized carbons (Fsp3) is 0.667. The van der Waals surface area contributed by atoms with Crippen LogP contribution in [-0.2, 0) is 13.1 Å². The van der Waals surface area contributed by atoms with Gasteiger partial charge < -0.3 is 10.2 Å². The summed E-state index contributed by atoms with van der Waals surface area (Å²) in [5.41, 5.74) is 2.93. The maximum Gasteiger partial charge on any atom is 0.0236 e. The first-order chi connectivity index (χ1) is 10.1. The number of benzene rings is 1. The highest BCUT2D eigenvalue weighted by atomic mass is 15.2. The summed E-state index contributed by atoms with van der Waals surface area (Å²) < 4.78 is 0. The summed E-state index contributed by atoms with van der Waals surface area (Å²) in [4.78, 5) is 4.98. The Kier molecular flexibility index (Phi) is 6.22. The van der Waals surface area contributed by atoms with Crippen LogP contribution in [0.4, 0.5) is 0 Å². The third kappa shape index (κ3) is 5.10. The van der Waals surface area contributed by atoms with Gasteiger partial charge in [0.2, 0.25) is 0 Å². The fourth-order valence-corrected chi connectivity index (χ4v) is 3.03. The van der Waals surface area contributed by atoms with Gasteiger partial charge in [0, 0.05) is 25.2 Å². The molecular formula is C18H31N3. The first-order valence-electron chi connectivity index (χ1n) is 8.25. The van der Waals surface area contributed by atoms with Crippen molar-refractivity contribution in [3.63, 3.8) is 0 Å². The topological polar surface area (TPSA) is 18.5 Å². The molecule has 118 valence electrons. The summed E-state index contributed by atoms with van der Waals surface area (Å²) in [6.07, 6.45) is 2.58. The molecule has 1 saturated heterocycles. The molecule has 0 aromatic heterocycles. The molecule has 1 aromatic carbocycles. The zero-order chi connectivity index (χ0) is 15.2. The lowest BCUT2D eigenvalue weighted by Crippen LogP contribution is -2.41. The van der Waals surface area contributed by atoms with Crippen molar-refractivity contribution in [2.45, 2.75) is 51.9 Å². The lowest BCUT2D eigenvalue weighted by atomic mass is 10.0. The van der Waals surface area contributed by atoms with Crippen LogP contribution < -0.4 is 5.32 Å². The number of nitrogens with zero attached hydrogens (tertiary/aromatic N) is 2. The molecule has 0 saturated carbocycles. The fourth-order valence-electron chi connectivity index (χ4n) is 3.03. The van der Waals surface area contributed by atoms with E-state index in [0.29, 0.717) is 6.04 Å². The van der Waals surface area contributed by atoms with Crippen LogP contribution in [0.5, 0.6) is 0 Å². The van der Waals surface area contributed by atoms with E-state index in [1.54, 1.807) is 0 Å².